The van der Waals surface area contributed by atoms with Crippen LogP contribution >= 0.6 is 23.5 Å². The Morgan fingerprint density at radius 1 is 0.871 bits per heavy atom. The molecule has 1 aliphatic heterocycles. The van der Waals surface area contributed by atoms with Gasteiger partial charge in [0.1, 0.15) is 42.0 Å². The van der Waals surface area contributed by atoms with Crippen LogP contribution in [0.4, 0.5) is 5.82 Å². The molecule has 0 spiro atoms. The molecule has 70 heavy (non-hydrogen) atoms. The Balaban J connectivity index is 1.17. The number of amides is 2. The molecule has 1 saturated heterocycles. The first-order valence-corrected chi connectivity index (χ1v) is 26.4. The number of nitrogens with zero attached hydrogens (tertiary/aromatic N) is 4. The minimum Gasteiger partial charge on any atom is -0.790 e. The molecule has 2 aromatic heterocycles. The molecule has 0 saturated carbocycles. The molecule has 2 amide bonds. The quantitative estimate of drug-likeness (QED) is 0.0510. The number of hydrogen-bond acceptors (Lipinski definition) is 22. The van der Waals surface area contributed by atoms with Crippen molar-refractivity contribution < 1.29 is 90.4 Å². The lowest BCUT2D eigenvalue weighted by molar-refractivity contribution is -0.347. The van der Waals surface area contributed by atoms with Crippen LogP contribution in [0.15, 0.2) is 36.9 Å². The summed E-state index contributed by atoms with van der Waals surface area (Å²) in [6.45, 7) is 6.93. The molecule has 392 valence electrons. The molecule has 0 aliphatic carbocycles. The number of rotatable bonds is 29. The molecule has 7 N–H and O–H groups in total. The Bertz CT molecular complexity index is 2470. The van der Waals surface area contributed by atoms with Crippen molar-refractivity contribution in [2.24, 2.45) is 16.2 Å². The van der Waals surface area contributed by atoms with Crippen LogP contribution in [0.2, 0.25) is 0 Å². The second kappa shape index (κ2) is 24.1. The van der Waals surface area contributed by atoms with Crippen molar-refractivity contribution in [3.8, 4) is 0 Å². The van der Waals surface area contributed by atoms with E-state index in [0.29, 0.717) is 12.8 Å². The number of carboxylic acid groups (broad SMARTS) is 1. The fourth-order valence-electron chi connectivity index (χ4n) is 7.30. The lowest BCUT2D eigenvalue weighted by Gasteiger charge is -2.36. The second-order valence-electron chi connectivity index (χ2n) is 18.7. The average Bonchev–Trinajstić information content (AvgIpc) is 3.82. The number of carboxylic acids is 1. The van der Waals surface area contributed by atoms with Gasteiger partial charge in [-0.15, -0.1) is 0 Å². The Kier molecular flexibility index (Phi) is 20.1. The number of nitrogens with two attached hydrogens (primary N) is 1. The molecule has 3 heterocycles. The number of ketones is 1. The van der Waals surface area contributed by atoms with E-state index >= 15 is 0 Å². The van der Waals surface area contributed by atoms with Crippen LogP contribution in [-0.4, -0.2) is 109 Å². The largest absolute Gasteiger partial charge is 0.790 e. The van der Waals surface area contributed by atoms with Crippen molar-refractivity contribution >= 4 is 64.0 Å². The Labute approximate surface area is 403 Å². The molecule has 26 nitrogen and oxygen atoms in total. The van der Waals surface area contributed by atoms with E-state index < -0.39 is 101 Å². The molecule has 4 rings (SSSR count). The summed E-state index contributed by atoms with van der Waals surface area (Å²) < 4.78 is 60.9. The molecule has 3 aromatic rings. The van der Waals surface area contributed by atoms with Gasteiger partial charge in [0.2, 0.25) is 11.8 Å². The van der Waals surface area contributed by atoms with Gasteiger partial charge in [-0.3, -0.25) is 32.9 Å². The number of hydrogen-bond donors (Lipinski definition) is 6. The molecule has 0 bridgehead atoms. The zero-order chi connectivity index (χ0) is 52.5. The van der Waals surface area contributed by atoms with Crippen LogP contribution in [0.5, 0.6) is 0 Å². The molecule has 7 unspecified atom stereocenters. The van der Waals surface area contributed by atoms with E-state index in [9.17, 15) is 67.8 Å². The van der Waals surface area contributed by atoms with Gasteiger partial charge >= 0.3 is 5.97 Å². The lowest BCUT2D eigenvalue weighted by atomic mass is 9.80. The van der Waals surface area contributed by atoms with Crippen LogP contribution in [-0.2, 0) is 68.3 Å². The Hall–Kier alpha value is -4.10. The van der Waals surface area contributed by atoms with Gasteiger partial charge in [0.05, 0.1) is 32.8 Å². The highest BCUT2D eigenvalue weighted by molar-refractivity contribution is 7.59. The van der Waals surface area contributed by atoms with Crippen molar-refractivity contribution in [3.05, 3.63) is 48.0 Å². The number of aliphatic hydroxyl groups excluding tert-OH is 2. The maximum Gasteiger partial charge on any atom is 0.309 e. The molecule has 29 heteroatoms. The number of fused-ring (bicyclic) bond motifs is 1. The number of ether oxygens (including phenoxy) is 1. The smallest absolute Gasteiger partial charge is 0.309 e. The standard InChI is InChI=1S/C41H64N7O19P3/c1-39(2,17-9-13-25-11-7-8-12-26(25)14-10-18-40(3,4)38(54)55)28(49)15-19-43-29(50)16-20-44-36(53)33(52)41(5,6)22-64-70(61,62)67-69(59,60)63-21-27-32(66-68(56,57)58)31(51)37(65-27)48-24-47-30-34(42)45-23-46-35(30)48/h7-8,11-12,23-24,27,31-33,37,51-52H,9-10,13-22H2,1-6H3,(H,43,50)(H,44,53)(H,54,55)(H,59,60)(H,61,62)(H2,42,45,46)(H2,56,57,58)/p-4. The molecular weight excluding hydrogens is 987 g/mol. The van der Waals surface area contributed by atoms with E-state index in [-0.39, 0.29) is 48.7 Å². The fourth-order valence-corrected chi connectivity index (χ4v) is 10.0. The maximum atomic E-state index is 13.1. The predicted octanol–water partition coefficient (Wildman–Crippen LogP) is 0.319. The zero-order valence-electron chi connectivity index (χ0n) is 39.4. The number of benzene rings is 1. The highest BCUT2D eigenvalue weighted by Crippen LogP contribution is 2.56. The second-order valence-corrected chi connectivity index (χ2v) is 22.8. The molecule has 1 aliphatic rings. The number of nitrogens with one attached hydrogen (secondary N) is 2. The Morgan fingerprint density at radius 3 is 2.06 bits per heavy atom. The number of aromatic nitrogens is 4. The van der Waals surface area contributed by atoms with E-state index in [1.165, 1.54) is 13.8 Å². The topological polar surface area (TPSA) is 412 Å². The predicted molar refractivity (Wildman–Crippen MR) is 238 cm³/mol. The summed E-state index contributed by atoms with van der Waals surface area (Å²) in [5.41, 5.74) is 4.84. The number of carbonyl (C=O) groups excluding carboxylic acids is 3. The van der Waals surface area contributed by atoms with E-state index in [0.717, 1.165) is 54.0 Å². The first kappa shape index (κ1) is 58.5. The third kappa shape index (κ3) is 17.0. The minimum atomic E-state index is -5.95. The van der Waals surface area contributed by atoms with E-state index in [4.69, 9.17) is 10.5 Å². The van der Waals surface area contributed by atoms with E-state index in [1.54, 1.807) is 13.8 Å². The summed E-state index contributed by atoms with van der Waals surface area (Å²) >= 11 is 0. The highest BCUT2D eigenvalue weighted by atomic mass is 31.3. The lowest BCUT2D eigenvalue weighted by Crippen LogP contribution is -2.46. The minimum absolute atomic E-state index is 0.0294. The molecule has 1 fully saturated rings. The number of nitrogen functional groups attached to an aromatic ring is 1. The molecule has 7 atom stereocenters. The number of carbonyl (C=O) groups is 4. The number of anilines is 1. The number of imidazole rings is 1. The van der Waals surface area contributed by atoms with Gasteiger partial charge in [-0.05, 0) is 63.5 Å². The summed E-state index contributed by atoms with van der Waals surface area (Å²) in [5, 5.41) is 35.9. The van der Waals surface area contributed by atoms with Crippen molar-refractivity contribution in [1.82, 2.24) is 30.2 Å². The maximum absolute atomic E-state index is 13.1. The third-order valence-corrected chi connectivity index (χ3v) is 14.7. The number of aliphatic hydroxyl groups is 2. The summed E-state index contributed by atoms with van der Waals surface area (Å²) in [6, 6.07) is 7.96. The van der Waals surface area contributed by atoms with Crippen LogP contribution in [0.3, 0.4) is 0 Å². The van der Waals surface area contributed by atoms with Crippen molar-refractivity contribution in [3.63, 3.8) is 0 Å². The number of phosphoric ester groups is 3. The van der Waals surface area contributed by atoms with Crippen LogP contribution < -0.4 is 35.9 Å². The van der Waals surface area contributed by atoms with Gasteiger partial charge in [-0.25, -0.2) is 19.3 Å². The SMILES string of the molecule is CC(C)(CCCc1ccccc1CCCC(C)(C)C(=O)CCNC(=O)CCNC(=O)C(O)C(C)(C)COP(=O)([O-])OP(=O)([O-])OCC1OC(n2cnc3c(N)ncnc32)C(O)C1OP(=O)([O-])[O-])C(=O)O. The first-order valence-electron chi connectivity index (χ1n) is 22.0. The van der Waals surface area contributed by atoms with Crippen LogP contribution in [0, 0.1) is 16.2 Å². The zero-order valence-corrected chi connectivity index (χ0v) is 42.1. The Morgan fingerprint density at radius 2 is 1.46 bits per heavy atom. The normalized spacial score (nSPS) is 20.1. The number of aryl methyl sites for hydroxylation is 2. The monoisotopic (exact) mass is 1050 g/mol. The van der Waals surface area contributed by atoms with Crippen molar-refractivity contribution in [2.45, 2.75) is 124 Å². The van der Waals surface area contributed by atoms with Crippen LogP contribution in [0.25, 0.3) is 11.2 Å². The summed E-state index contributed by atoms with van der Waals surface area (Å²) in [6.07, 6.45) is -3.64. The fraction of sp³-hybridized carbons (Fsp3) is 0.634. The number of Topliss-reactive ketones (excluding diaryl/α,β-unsaturated/α-hetero) is 1. The third-order valence-electron chi connectivity index (χ3n) is 11.7. The van der Waals surface area contributed by atoms with Crippen molar-refractivity contribution in [1.29, 1.82) is 0 Å². The molecule has 0 radical (unpaired) electrons. The van der Waals surface area contributed by atoms with Gasteiger partial charge in [-0.1, -0.05) is 52.0 Å². The molecular formula is C41H60N7O19P3-4. The number of aliphatic carboxylic acids is 1. The number of phosphoric acid groups is 3. The van der Waals surface area contributed by atoms with Gasteiger partial charge in [0, 0.05) is 36.8 Å². The summed E-state index contributed by atoms with van der Waals surface area (Å²) in [5.74, 6) is -2.54. The highest BCUT2D eigenvalue weighted by Gasteiger charge is 2.47. The van der Waals surface area contributed by atoms with Crippen LogP contribution in [0.1, 0.15) is 97.4 Å². The van der Waals surface area contributed by atoms with Crippen molar-refractivity contribution in [2.75, 3.05) is 32.0 Å². The summed E-state index contributed by atoms with van der Waals surface area (Å²) in [7, 11) is -17.7. The van der Waals surface area contributed by atoms with E-state index in [2.05, 4.69) is 43.5 Å². The molecule has 1 aromatic carbocycles. The van der Waals surface area contributed by atoms with Gasteiger partial charge in [-0.2, -0.15) is 0 Å². The van der Waals surface area contributed by atoms with Gasteiger partial charge in [0.15, 0.2) is 17.7 Å². The summed E-state index contributed by atoms with van der Waals surface area (Å²) in [4.78, 5) is 110. The van der Waals surface area contributed by atoms with Gasteiger partial charge in [0.25, 0.3) is 15.6 Å². The average molecular weight is 1050 g/mol. The first-order chi connectivity index (χ1) is 32.3. The van der Waals surface area contributed by atoms with E-state index in [1.807, 2.05) is 38.1 Å². The van der Waals surface area contributed by atoms with Gasteiger partial charge < -0.3 is 74.1 Å².